The molecule has 0 radical (unpaired) electrons. The monoisotopic (exact) mass is 382 g/mol. The summed E-state index contributed by atoms with van der Waals surface area (Å²) in [5, 5.41) is 19.9. The molecule has 1 amide bonds. The van der Waals surface area contributed by atoms with Crippen LogP contribution in [-0.2, 0) is 17.8 Å². The molecule has 8 heteroatoms. The van der Waals surface area contributed by atoms with Crippen LogP contribution in [-0.4, -0.2) is 32.0 Å². The van der Waals surface area contributed by atoms with Gasteiger partial charge in [0.05, 0.1) is 25.2 Å². The molecule has 3 rings (SSSR count). The number of carboxylic acid groups (broad SMARTS) is 1. The number of rotatable bonds is 8. The van der Waals surface area contributed by atoms with Crippen molar-refractivity contribution in [1.29, 1.82) is 0 Å². The Kier molecular flexibility index (Phi) is 6.11. The molecule has 7 nitrogen and oxygen atoms in total. The summed E-state index contributed by atoms with van der Waals surface area (Å²) >= 11 is 0. The number of nitrogens with zero attached hydrogens (tertiary/aromatic N) is 3. The summed E-state index contributed by atoms with van der Waals surface area (Å²) in [5.41, 5.74) is 1.83. The second kappa shape index (κ2) is 8.90. The average molecular weight is 382 g/mol. The van der Waals surface area contributed by atoms with E-state index in [2.05, 4.69) is 15.6 Å². The van der Waals surface area contributed by atoms with Gasteiger partial charge in [0.1, 0.15) is 11.5 Å². The van der Waals surface area contributed by atoms with E-state index in [0.717, 1.165) is 5.56 Å². The normalized spacial score (nSPS) is 11.8. The highest BCUT2D eigenvalue weighted by atomic mass is 19.1. The number of carboxylic acids is 1. The molecule has 2 aromatic carbocycles. The number of carbonyl (C=O) groups is 2. The molecule has 1 atom stereocenters. The Morgan fingerprint density at radius 3 is 2.50 bits per heavy atom. The van der Waals surface area contributed by atoms with E-state index in [9.17, 15) is 19.1 Å². The number of aliphatic carboxylic acids is 1. The highest BCUT2D eigenvalue weighted by molar-refractivity contribution is 5.94. The van der Waals surface area contributed by atoms with Gasteiger partial charge in [-0.3, -0.25) is 9.59 Å². The fourth-order valence-electron chi connectivity index (χ4n) is 2.79. The maximum absolute atomic E-state index is 12.9. The van der Waals surface area contributed by atoms with Crippen molar-refractivity contribution in [3.63, 3.8) is 0 Å². The molecule has 1 heterocycles. The Morgan fingerprint density at radius 1 is 1.11 bits per heavy atom. The van der Waals surface area contributed by atoms with Crippen LogP contribution in [0.25, 0.3) is 0 Å². The van der Waals surface area contributed by atoms with Crippen LogP contribution in [0, 0.1) is 5.82 Å². The summed E-state index contributed by atoms with van der Waals surface area (Å²) in [6.07, 6.45) is 2.03. The van der Waals surface area contributed by atoms with E-state index in [1.165, 1.54) is 28.9 Å². The standard InChI is InChI=1S/C20H19FN4O3/c21-16-8-6-15(7-9-16)20(28)22-12-17-13-25(24-23-17)18(11-19(26)27)10-14-4-2-1-3-5-14/h1-9,13,18H,10-12H2,(H,22,28)(H,26,27)/t18-/m1/s1. The molecule has 0 saturated carbocycles. The zero-order valence-electron chi connectivity index (χ0n) is 15.0. The number of hydrogen-bond acceptors (Lipinski definition) is 4. The molecule has 1 aromatic heterocycles. The van der Waals surface area contributed by atoms with Crippen molar-refractivity contribution in [3.8, 4) is 0 Å². The van der Waals surface area contributed by atoms with E-state index in [0.29, 0.717) is 17.7 Å². The van der Waals surface area contributed by atoms with Crippen LogP contribution in [0.1, 0.15) is 34.1 Å². The fourth-order valence-corrected chi connectivity index (χ4v) is 2.79. The maximum Gasteiger partial charge on any atom is 0.305 e. The molecule has 0 bridgehead atoms. The number of hydrogen-bond donors (Lipinski definition) is 2. The largest absolute Gasteiger partial charge is 0.481 e. The quantitative estimate of drug-likeness (QED) is 0.624. The van der Waals surface area contributed by atoms with Crippen molar-refractivity contribution in [1.82, 2.24) is 20.3 Å². The highest BCUT2D eigenvalue weighted by Gasteiger charge is 2.18. The topological polar surface area (TPSA) is 97.1 Å². The Labute approximate surface area is 160 Å². The van der Waals surface area contributed by atoms with Gasteiger partial charge in [-0.1, -0.05) is 35.5 Å². The number of benzene rings is 2. The molecule has 0 aliphatic rings. The van der Waals surface area contributed by atoms with Crippen molar-refractivity contribution in [2.45, 2.75) is 25.4 Å². The van der Waals surface area contributed by atoms with Gasteiger partial charge in [0.15, 0.2) is 0 Å². The van der Waals surface area contributed by atoms with Crippen LogP contribution >= 0.6 is 0 Å². The Bertz CT molecular complexity index is 942. The number of halogens is 1. The smallest absolute Gasteiger partial charge is 0.305 e. The molecular formula is C20H19FN4O3. The number of amides is 1. The van der Waals surface area contributed by atoms with E-state index < -0.39 is 17.8 Å². The molecule has 3 aromatic rings. The molecule has 0 aliphatic carbocycles. The third kappa shape index (κ3) is 5.23. The summed E-state index contributed by atoms with van der Waals surface area (Å²) in [6.45, 7) is 0.126. The third-order valence-electron chi connectivity index (χ3n) is 4.19. The van der Waals surface area contributed by atoms with Gasteiger partial charge in [0.25, 0.3) is 5.91 Å². The van der Waals surface area contributed by atoms with Crippen LogP contribution in [0.4, 0.5) is 4.39 Å². The number of carbonyl (C=O) groups excluding carboxylic acids is 1. The van der Waals surface area contributed by atoms with Gasteiger partial charge in [0.2, 0.25) is 0 Å². The lowest BCUT2D eigenvalue weighted by Crippen LogP contribution is -2.23. The lowest BCUT2D eigenvalue weighted by Gasteiger charge is -2.14. The van der Waals surface area contributed by atoms with Gasteiger partial charge >= 0.3 is 5.97 Å². The summed E-state index contributed by atoms with van der Waals surface area (Å²) in [5.74, 6) is -1.70. The molecule has 0 saturated heterocycles. The van der Waals surface area contributed by atoms with Crippen LogP contribution in [0.15, 0.2) is 60.8 Å². The molecule has 144 valence electrons. The van der Waals surface area contributed by atoms with E-state index in [1.54, 1.807) is 6.20 Å². The fraction of sp³-hybridized carbons (Fsp3) is 0.200. The second-order valence-electron chi connectivity index (χ2n) is 6.32. The maximum atomic E-state index is 12.9. The number of nitrogens with one attached hydrogen (secondary N) is 1. The summed E-state index contributed by atoms with van der Waals surface area (Å²) in [6, 6.07) is 14.4. The Morgan fingerprint density at radius 2 is 1.82 bits per heavy atom. The van der Waals surface area contributed by atoms with Crippen LogP contribution in [0.3, 0.4) is 0 Å². The first-order chi connectivity index (χ1) is 13.5. The predicted molar refractivity (Wildman–Crippen MR) is 99.0 cm³/mol. The van der Waals surface area contributed by atoms with Gasteiger partial charge < -0.3 is 10.4 Å². The SMILES string of the molecule is O=C(O)C[C@@H](Cc1ccccc1)n1cc(CNC(=O)c2ccc(F)cc2)nn1. The minimum Gasteiger partial charge on any atom is -0.481 e. The first kappa shape index (κ1) is 19.2. The Hall–Kier alpha value is -3.55. The minimum atomic E-state index is -0.928. The number of aromatic nitrogens is 3. The summed E-state index contributed by atoms with van der Waals surface area (Å²) in [4.78, 5) is 23.3. The minimum absolute atomic E-state index is 0.0976. The van der Waals surface area contributed by atoms with Gasteiger partial charge in [-0.05, 0) is 36.2 Å². The van der Waals surface area contributed by atoms with Crippen molar-refractivity contribution in [3.05, 3.63) is 83.4 Å². The second-order valence-corrected chi connectivity index (χ2v) is 6.32. The van der Waals surface area contributed by atoms with E-state index in [1.807, 2.05) is 30.3 Å². The van der Waals surface area contributed by atoms with Crippen LogP contribution in [0.2, 0.25) is 0 Å². The molecule has 28 heavy (non-hydrogen) atoms. The van der Waals surface area contributed by atoms with Gasteiger partial charge in [-0.15, -0.1) is 5.10 Å². The highest BCUT2D eigenvalue weighted by Crippen LogP contribution is 2.17. The molecule has 0 spiro atoms. The van der Waals surface area contributed by atoms with Crippen molar-refractivity contribution in [2.24, 2.45) is 0 Å². The van der Waals surface area contributed by atoms with E-state index in [-0.39, 0.29) is 18.9 Å². The first-order valence-corrected chi connectivity index (χ1v) is 8.71. The molecule has 0 fully saturated rings. The average Bonchev–Trinajstić information content (AvgIpc) is 3.16. The molecule has 0 aliphatic heterocycles. The van der Waals surface area contributed by atoms with Gasteiger partial charge in [-0.25, -0.2) is 9.07 Å². The molecule has 2 N–H and O–H groups in total. The summed E-state index contributed by atoms with van der Waals surface area (Å²) in [7, 11) is 0. The zero-order chi connectivity index (χ0) is 19.9. The van der Waals surface area contributed by atoms with Gasteiger partial charge in [-0.2, -0.15) is 0 Å². The Balaban J connectivity index is 1.65. The first-order valence-electron chi connectivity index (χ1n) is 8.71. The molecule has 0 unspecified atom stereocenters. The van der Waals surface area contributed by atoms with E-state index in [4.69, 9.17) is 0 Å². The van der Waals surface area contributed by atoms with Crippen molar-refractivity contribution in [2.75, 3.05) is 0 Å². The van der Waals surface area contributed by atoms with Crippen LogP contribution < -0.4 is 5.32 Å². The van der Waals surface area contributed by atoms with Gasteiger partial charge in [0, 0.05) is 5.56 Å². The summed E-state index contributed by atoms with van der Waals surface area (Å²) < 4.78 is 14.4. The third-order valence-corrected chi connectivity index (χ3v) is 4.19. The van der Waals surface area contributed by atoms with Crippen molar-refractivity contribution < 1.29 is 19.1 Å². The van der Waals surface area contributed by atoms with E-state index >= 15 is 0 Å². The zero-order valence-corrected chi connectivity index (χ0v) is 15.0. The lowest BCUT2D eigenvalue weighted by molar-refractivity contribution is -0.138. The van der Waals surface area contributed by atoms with Crippen molar-refractivity contribution >= 4 is 11.9 Å². The predicted octanol–water partition coefficient (Wildman–Crippen LogP) is 2.61. The molecular weight excluding hydrogens is 363 g/mol. The van der Waals surface area contributed by atoms with Crippen LogP contribution in [0.5, 0.6) is 0 Å². The lowest BCUT2D eigenvalue weighted by atomic mass is 10.0.